The van der Waals surface area contributed by atoms with Crippen LogP contribution in [0, 0.1) is 17.4 Å². The zero-order valence-corrected chi connectivity index (χ0v) is 17.9. The number of benzene rings is 2. The van der Waals surface area contributed by atoms with Crippen molar-refractivity contribution in [2.45, 2.75) is 57.8 Å². The van der Waals surface area contributed by atoms with Crippen molar-refractivity contribution in [3.8, 4) is 23.6 Å². The van der Waals surface area contributed by atoms with Gasteiger partial charge in [-0.05, 0) is 54.1 Å². The highest BCUT2D eigenvalue weighted by atomic mass is 16.5. The van der Waals surface area contributed by atoms with E-state index < -0.39 is 5.97 Å². The number of hydrogen-bond acceptors (Lipinski definition) is 5. The number of unbranched alkanes of at least 4 members (excludes halogenated alkanes) is 6. The molecule has 0 atom stereocenters. The second-order valence-electron chi connectivity index (χ2n) is 7.41. The number of phenols is 1. The summed E-state index contributed by atoms with van der Waals surface area (Å²) in [6, 6.07) is 15.9. The molecular weight excluding hydrogens is 408 g/mol. The number of aliphatic carboxylic acids is 1. The van der Waals surface area contributed by atoms with Gasteiger partial charge in [-0.25, -0.2) is 0 Å². The van der Waals surface area contributed by atoms with E-state index in [0.29, 0.717) is 23.3 Å². The second kappa shape index (κ2) is 13.5. The molecule has 0 unspecified atom stereocenters. The van der Waals surface area contributed by atoms with E-state index in [1.165, 1.54) is 18.2 Å². The molecule has 2 aromatic carbocycles. The molecule has 32 heavy (non-hydrogen) atoms. The summed E-state index contributed by atoms with van der Waals surface area (Å²) >= 11 is 0. The molecule has 7 nitrogen and oxygen atoms in total. The van der Waals surface area contributed by atoms with Crippen molar-refractivity contribution < 1.29 is 24.5 Å². The third-order valence-corrected chi connectivity index (χ3v) is 4.77. The topological polar surface area (TPSA) is 112 Å². The van der Waals surface area contributed by atoms with Gasteiger partial charge in [-0.2, -0.15) is 5.26 Å². The maximum absolute atomic E-state index is 12.0. The first-order chi connectivity index (χ1) is 15.5. The summed E-state index contributed by atoms with van der Waals surface area (Å²) in [7, 11) is 0. The van der Waals surface area contributed by atoms with Crippen molar-refractivity contribution in [3.63, 3.8) is 0 Å². The van der Waals surface area contributed by atoms with E-state index in [1.54, 1.807) is 24.3 Å². The molecule has 7 heteroatoms. The first-order valence-electron chi connectivity index (χ1n) is 10.7. The fourth-order valence-electron chi connectivity index (χ4n) is 3.02. The average Bonchev–Trinajstić information content (AvgIpc) is 2.78. The molecule has 0 radical (unpaired) electrons. The fraction of sp³-hybridized carbons (Fsp3) is 0.360. The molecule has 2 N–H and O–H groups in total. The molecule has 0 aliphatic rings. The third kappa shape index (κ3) is 9.32. The van der Waals surface area contributed by atoms with Gasteiger partial charge in [0.1, 0.15) is 11.3 Å². The van der Waals surface area contributed by atoms with Crippen LogP contribution in [0.1, 0.15) is 68.9 Å². The molecule has 0 aliphatic carbocycles. The first kappa shape index (κ1) is 24.4. The Bertz CT molecular complexity index is 1010. The van der Waals surface area contributed by atoms with E-state index in [1.807, 2.05) is 6.07 Å². The minimum atomic E-state index is -0.744. The molecular formula is C25H27N2O5+. The number of rotatable bonds is 11. The summed E-state index contributed by atoms with van der Waals surface area (Å²) in [6.07, 6.45) is 7.04. The molecule has 0 fully saturated rings. The molecule has 2 rings (SSSR count). The second-order valence-corrected chi connectivity index (χ2v) is 7.41. The van der Waals surface area contributed by atoms with E-state index in [0.717, 1.165) is 44.9 Å². The van der Waals surface area contributed by atoms with Gasteiger partial charge >= 0.3 is 23.7 Å². The number of phenolic OH excluding ortho intramolecular Hbond substituents is 1. The van der Waals surface area contributed by atoms with Gasteiger partial charge in [-0.15, -0.1) is 0 Å². The van der Waals surface area contributed by atoms with Crippen LogP contribution in [0.5, 0.6) is 11.5 Å². The lowest BCUT2D eigenvalue weighted by Crippen LogP contribution is -2.07. The van der Waals surface area contributed by atoms with Crippen LogP contribution in [0.2, 0.25) is 0 Å². The van der Waals surface area contributed by atoms with E-state index in [4.69, 9.17) is 15.1 Å². The Morgan fingerprint density at radius 3 is 2.09 bits per heavy atom. The number of carboxylic acid groups (broad SMARTS) is 1. The van der Waals surface area contributed by atoms with Crippen molar-refractivity contribution in [1.29, 1.82) is 5.26 Å². The van der Waals surface area contributed by atoms with Crippen LogP contribution < -0.4 is 4.74 Å². The van der Waals surface area contributed by atoms with Gasteiger partial charge in [0.25, 0.3) is 0 Å². The van der Waals surface area contributed by atoms with Gasteiger partial charge in [0.2, 0.25) is 5.75 Å². The molecule has 0 amide bonds. The van der Waals surface area contributed by atoms with E-state index in [-0.39, 0.29) is 23.8 Å². The third-order valence-electron chi connectivity index (χ3n) is 4.77. The van der Waals surface area contributed by atoms with Gasteiger partial charge in [0.15, 0.2) is 0 Å². The summed E-state index contributed by atoms with van der Waals surface area (Å²) in [5.74, 6) is -0.629. The standard InChI is InChI=1S/C25H26N2O5/c26-17-20-12-15-23(28)22(16-20)27-18-19-10-13-21(14-11-19)32-25(31)9-7-5-3-1-2-4-6-8-24(29)30/h10-16H,1-9H2,(H-,28,29,30)/p+1. The Balaban J connectivity index is 1.69. The minimum absolute atomic E-state index is 0.0414. The Labute approximate surface area is 187 Å². The predicted molar refractivity (Wildman–Crippen MR) is 120 cm³/mol. The normalized spacial score (nSPS) is 9.97. The summed E-state index contributed by atoms with van der Waals surface area (Å²) in [4.78, 5) is 26.5. The maximum Gasteiger partial charge on any atom is 0.383 e. The smallest absolute Gasteiger partial charge is 0.383 e. The SMILES string of the molecule is N#Cc1ccc(O)c([N+]#Cc2ccc(OC(=O)CCCCCCCCCC(=O)O)cc2)c1. The fourth-order valence-corrected chi connectivity index (χ4v) is 3.02. The van der Waals surface area contributed by atoms with Gasteiger partial charge in [-0.3, -0.25) is 9.59 Å². The molecule has 0 heterocycles. The van der Waals surface area contributed by atoms with Gasteiger partial charge in [0, 0.05) is 12.8 Å². The Morgan fingerprint density at radius 2 is 1.47 bits per heavy atom. The average molecular weight is 436 g/mol. The highest BCUT2D eigenvalue weighted by Gasteiger charge is 2.11. The highest BCUT2D eigenvalue weighted by Crippen LogP contribution is 2.27. The van der Waals surface area contributed by atoms with Crippen molar-refractivity contribution in [2.75, 3.05) is 0 Å². The van der Waals surface area contributed by atoms with Gasteiger partial charge < -0.3 is 14.9 Å². The number of carboxylic acids is 1. The number of nitrogens with zero attached hydrogens (tertiary/aromatic N) is 2. The van der Waals surface area contributed by atoms with Crippen molar-refractivity contribution in [1.82, 2.24) is 0 Å². The Kier molecular flexibility index (Phi) is 10.3. The number of carbonyl (C=O) groups excluding carboxylic acids is 1. The van der Waals surface area contributed by atoms with Crippen LogP contribution in [0.4, 0.5) is 5.69 Å². The van der Waals surface area contributed by atoms with Crippen LogP contribution in [0.15, 0.2) is 42.5 Å². The monoisotopic (exact) mass is 435 g/mol. The highest BCUT2D eigenvalue weighted by molar-refractivity contribution is 5.72. The quantitative estimate of drug-likeness (QED) is 0.263. The lowest BCUT2D eigenvalue weighted by molar-refractivity contribution is -0.137. The van der Waals surface area contributed by atoms with Crippen LogP contribution in [-0.2, 0) is 9.59 Å². The number of carbonyl (C=O) groups is 2. The van der Waals surface area contributed by atoms with Crippen molar-refractivity contribution in [3.05, 3.63) is 58.4 Å². The van der Waals surface area contributed by atoms with E-state index >= 15 is 0 Å². The molecule has 0 saturated heterocycles. The molecule has 2 aromatic rings. The number of hydrogen-bond donors (Lipinski definition) is 2. The van der Waals surface area contributed by atoms with Crippen LogP contribution in [0.3, 0.4) is 0 Å². The zero-order valence-electron chi connectivity index (χ0n) is 17.9. The van der Waals surface area contributed by atoms with Crippen molar-refractivity contribution >= 4 is 17.6 Å². The summed E-state index contributed by atoms with van der Waals surface area (Å²) in [6.45, 7) is 0. The Morgan fingerprint density at radius 1 is 0.875 bits per heavy atom. The lowest BCUT2D eigenvalue weighted by atomic mass is 10.1. The van der Waals surface area contributed by atoms with Crippen LogP contribution >= 0.6 is 0 Å². The summed E-state index contributed by atoms with van der Waals surface area (Å²) in [5.41, 5.74) is 1.27. The number of esters is 1. The number of aromatic hydroxyl groups is 1. The molecule has 0 saturated carbocycles. The van der Waals surface area contributed by atoms with Crippen molar-refractivity contribution in [2.24, 2.45) is 0 Å². The first-order valence-corrected chi connectivity index (χ1v) is 10.7. The van der Waals surface area contributed by atoms with E-state index in [9.17, 15) is 14.7 Å². The summed E-state index contributed by atoms with van der Waals surface area (Å²) < 4.78 is 5.33. The molecule has 0 spiro atoms. The van der Waals surface area contributed by atoms with E-state index in [2.05, 4.69) is 10.9 Å². The molecule has 0 bridgehead atoms. The predicted octanol–water partition coefficient (Wildman–Crippen LogP) is 5.78. The van der Waals surface area contributed by atoms with Crippen LogP contribution in [-0.4, -0.2) is 22.2 Å². The molecule has 166 valence electrons. The molecule has 0 aromatic heterocycles. The summed E-state index contributed by atoms with van der Waals surface area (Å²) in [5, 5.41) is 27.3. The zero-order chi connectivity index (χ0) is 23.2. The van der Waals surface area contributed by atoms with Gasteiger partial charge in [0.05, 0.1) is 17.7 Å². The Hall–Kier alpha value is -3.84. The molecule has 0 aliphatic heterocycles. The minimum Gasteiger partial charge on any atom is -0.501 e. The lowest BCUT2D eigenvalue weighted by Gasteiger charge is -2.04. The number of nitriles is 1. The largest absolute Gasteiger partial charge is 0.501 e. The van der Waals surface area contributed by atoms with Crippen LogP contribution in [0.25, 0.3) is 4.85 Å². The maximum atomic E-state index is 12.0. The van der Waals surface area contributed by atoms with Gasteiger partial charge in [-0.1, -0.05) is 32.1 Å². The number of ether oxygens (including phenoxy) is 1.